The van der Waals surface area contributed by atoms with Crippen LogP contribution in [0.2, 0.25) is 0 Å². The first-order chi connectivity index (χ1) is 13.8. The highest BCUT2D eigenvalue weighted by Gasteiger charge is 2.22. The van der Waals surface area contributed by atoms with Gasteiger partial charge in [-0.1, -0.05) is 31.9 Å². The molecule has 2 N–H and O–H groups in total. The Hall–Kier alpha value is -2.08. The summed E-state index contributed by atoms with van der Waals surface area (Å²) in [5, 5.41) is 6.01. The van der Waals surface area contributed by atoms with Crippen LogP contribution in [-0.2, 0) is 11.2 Å². The first-order valence-electron chi connectivity index (χ1n) is 10.9. The first-order valence-corrected chi connectivity index (χ1v) is 10.9. The summed E-state index contributed by atoms with van der Waals surface area (Å²) in [5.74, 6) is 0.0365. The molecule has 29 heavy (non-hydrogen) atoms. The van der Waals surface area contributed by atoms with E-state index in [-0.39, 0.29) is 17.5 Å². The van der Waals surface area contributed by atoms with Crippen molar-refractivity contribution in [3.8, 4) is 0 Å². The van der Waals surface area contributed by atoms with Crippen molar-refractivity contribution < 1.29 is 9.59 Å². The molecule has 1 saturated heterocycles. The number of carbonyl (C=O) groups is 2. The Morgan fingerprint density at radius 3 is 2.38 bits per heavy atom. The lowest BCUT2D eigenvalue weighted by Gasteiger charge is -2.25. The number of carbonyl (C=O) groups excluding carboxylic acids is 2. The van der Waals surface area contributed by atoms with Crippen LogP contribution in [0.4, 0.5) is 10.5 Å². The van der Waals surface area contributed by atoms with Crippen molar-refractivity contribution >= 4 is 17.6 Å². The number of urea groups is 1. The topological polar surface area (TPSA) is 64.7 Å². The van der Waals surface area contributed by atoms with E-state index in [9.17, 15) is 9.59 Å². The molecule has 0 radical (unpaired) electrons. The molecule has 2 rings (SSSR count). The molecule has 162 valence electrons. The van der Waals surface area contributed by atoms with Crippen LogP contribution in [0.1, 0.15) is 58.9 Å². The molecule has 1 aliphatic rings. The number of nitrogens with one attached hydrogen (secondary N) is 2. The van der Waals surface area contributed by atoms with Crippen LogP contribution in [0.15, 0.2) is 24.3 Å². The number of unbranched alkanes of at least 4 members (excludes halogenated alkanes) is 2. The molecule has 0 unspecified atom stereocenters. The van der Waals surface area contributed by atoms with Gasteiger partial charge in [-0.3, -0.25) is 9.69 Å². The Bertz CT molecular complexity index is 652. The third-order valence-corrected chi connectivity index (χ3v) is 5.03. The van der Waals surface area contributed by atoms with E-state index in [0.29, 0.717) is 26.2 Å². The molecular weight excluding hydrogens is 364 g/mol. The maximum Gasteiger partial charge on any atom is 0.321 e. The molecule has 1 aromatic carbocycles. The molecule has 0 atom stereocenters. The summed E-state index contributed by atoms with van der Waals surface area (Å²) in [7, 11) is 0. The molecule has 1 fully saturated rings. The Morgan fingerprint density at radius 1 is 1.00 bits per heavy atom. The van der Waals surface area contributed by atoms with Crippen molar-refractivity contribution in [2.45, 2.75) is 65.3 Å². The lowest BCUT2D eigenvalue weighted by atomic mass is 10.1. The Morgan fingerprint density at radius 2 is 1.72 bits per heavy atom. The Balaban J connectivity index is 1.79. The average Bonchev–Trinajstić information content (AvgIpc) is 2.87. The van der Waals surface area contributed by atoms with E-state index in [1.54, 1.807) is 0 Å². The standard InChI is InChI=1S/C23H38N4O2/c1-5-6-7-9-19-10-12-20(13-11-19)24-22(29)27-15-8-14-26(16-17-27)18-21(28)25-23(2,3)4/h10-13H,5-9,14-18H2,1-4H3,(H,24,29)(H,25,28). The van der Waals surface area contributed by atoms with Gasteiger partial charge in [0.15, 0.2) is 0 Å². The highest BCUT2D eigenvalue weighted by Crippen LogP contribution is 2.14. The zero-order chi connectivity index (χ0) is 21.3. The Kier molecular flexibility index (Phi) is 8.96. The van der Waals surface area contributed by atoms with Crippen LogP contribution >= 0.6 is 0 Å². The molecule has 0 spiro atoms. The van der Waals surface area contributed by atoms with Gasteiger partial charge in [0.2, 0.25) is 5.91 Å². The van der Waals surface area contributed by atoms with Crippen molar-refractivity contribution in [2.75, 3.05) is 38.0 Å². The minimum absolute atomic E-state index is 0.0365. The number of anilines is 1. The number of benzene rings is 1. The van der Waals surface area contributed by atoms with E-state index in [2.05, 4.69) is 34.6 Å². The summed E-state index contributed by atoms with van der Waals surface area (Å²) < 4.78 is 0. The van der Waals surface area contributed by atoms with Crippen molar-refractivity contribution in [3.63, 3.8) is 0 Å². The molecule has 0 bridgehead atoms. The van der Waals surface area contributed by atoms with Crippen molar-refractivity contribution in [1.29, 1.82) is 0 Å². The van der Waals surface area contributed by atoms with Gasteiger partial charge in [-0.2, -0.15) is 0 Å². The van der Waals surface area contributed by atoms with Crippen molar-refractivity contribution in [1.82, 2.24) is 15.1 Å². The second kappa shape index (κ2) is 11.2. The maximum absolute atomic E-state index is 12.6. The molecule has 1 heterocycles. The zero-order valence-electron chi connectivity index (χ0n) is 18.6. The molecule has 0 aliphatic carbocycles. The largest absolute Gasteiger partial charge is 0.350 e. The number of hydrogen-bond acceptors (Lipinski definition) is 3. The van der Waals surface area contributed by atoms with Gasteiger partial charge in [0.05, 0.1) is 6.54 Å². The van der Waals surface area contributed by atoms with E-state index in [1.165, 1.54) is 24.8 Å². The monoisotopic (exact) mass is 402 g/mol. The van der Waals surface area contributed by atoms with Crippen LogP contribution in [0.25, 0.3) is 0 Å². The summed E-state index contributed by atoms with van der Waals surface area (Å²) in [6, 6.07) is 8.11. The summed E-state index contributed by atoms with van der Waals surface area (Å²) >= 11 is 0. The van der Waals surface area contributed by atoms with Gasteiger partial charge in [0, 0.05) is 37.4 Å². The minimum Gasteiger partial charge on any atom is -0.350 e. The Labute approximate surface area is 176 Å². The predicted molar refractivity (Wildman–Crippen MR) is 119 cm³/mol. The van der Waals surface area contributed by atoms with Gasteiger partial charge in [-0.15, -0.1) is 0 Å². The first kappa shape index (κ1) is 23.2. The maximum atomic E-state index is 12.6. The van der Waals surface area contributed by atoms with E-state index in [4.69, 9.17) is 0 Å². The van der Waals surface area contributed by atoms with Crippen molar-refractivity contribution in [3.05, 3.63) is 29.8 Å². The van der Waals surface area contributed by atoms with Crippen LogP contribution in [0.3, 0.4) is 0 Å². The third-order valence-electron chi connectivity index (χ3n) is 5.03. The predicted octanol–water partition coefficient (Wildman–Crippen LogP) is 3.87. The summed E-state index contributed by atoms with van der Waals surface area (Å²) in [6.07, 6.45) is 5.64. The van der Waals surface area contributed by atoms with E-state index < -0.39 is 0 Å². The number of nitrogens with zero attached hydrogens (tertiary/aromatic N) is 2. The molecule has 0 saturated carbocycles. The SMILES string of the molecule is CCCCCc1ccc(NC(=O)N2CCCN(CC(=O)NC(C)(C)C)CC2)cc1. The summed E-state index contributed by atoms with van der Waals surface area (Å²) in [6.45, 7) is 11.4. The molecule has 6 nitrogen and oxygen atoms in total. The fourth-order valence-electron chi connectivity index (χ4n) is 3.53. The minimum atomic E-state index is -0.222. The van der Waals surface area contributed by atoms with Gasteiger partial charge < -0.3 is 15.5 Å². The smallest absolute Gasteiger partial charge is 0.321 e. The fraction of sp³-hybridized carbons (Fsp3) is 0.652. The number of amides is 3. The number of hydrogen-bond donors (Lipinski definition) is 2. The van der Waals surface area contributed by atoms with Crippen LogP contribution in [0, 0.1) is 0 Å². The second-order valence-corrected chi connectivity index (χ2v) is 9.00. The molecule has 1 aliphatic heterocycles. The molecule has 3 amide bonds. The van der Waals surface area contributed by atoms with Gasteiger partial charge in [-0.05, 0) is 57.7 Å². The normalized spacial score (nSPS) is 15.7. The van der Waals surface area contributed by atoms with Gasteiger partial charge in [0.25, 0.3) is 0 Å². The zero-order valence-corrected chi connectivity index (χ0v) is 18.6. The number of aryl methyl sites for hydroxylation is 1. The summed E-state index contributed by atoms with van der Waals surface area (Å²) in [4.78, 5) is 28.8. The van der Waals surface area contributed by atoms with Crippen LogP contribution < -0.4 is 10.6 Å². The second-order valence-electron chi connectivity index (χ2n) is 9.00. The van der Waals surface area contributed by atoms with Crippen LogP contribution in [-0.4, -0.2) is 60.0 Å². The molecule has 1 aromatic rings. The van der Waals surface area contributed by atoms with Gasteiger partial charge >= 0.3 is 6.03 Å². The molecule has 6 heteroatoms. The highest BCUT2D eigenvalue weighted by molar-refractivity contribution is 5.89. The van der Waals surface area contributed by atoms with Crippen LogP contribution in [0.5, 0.6) is 0 Å². The van der Waals surface area contributed by atoms with Crippen molar-refractivity contribution in [2.24, 2.45) is 0 Å². The lowest BCUT2D eigenvalue weighted by molar-refractivity contribution is -0.123. The lowest BCUT2D eigenvalue weighted by Crippen LogP contribution is -2.46. The van der Waals surface area contributed by atoms with Gasteiger partial charge in [0.1, 0.15) is 0 Å². The fourth-order valence-corrected chi connectivity index (χ4v) is 3.53. The quantitative estimate of drug-likeness (QED) is 0.681. The third kappa shape index (κ3) is 8.86. The van der Waals surface area contributed by atoms with E-state index >= 15 is 0 Å². The van der Waals surface area contributed by atoms with E-state index in [0.717, 1.165) is 25.1 Å². The average molecular weight is 403 g/mol. The molecular formula is C23H38N4O2. The van der Waals surface area contributed by atoms with Gasteiger partial charge in [-0.25, -0.2) is 4.79 Å². The summed E-state index contributed by atoms with van der Waals surface area (Å²) in [5.41, 5.74) is 1.93. The highest BCUT2D eigenvalue weighted by atomic mass is 16.2. The number of rotatable bonds is 7. The molecule has 0 aromatic heterocycles. The van der Waals surface area contributed by atoms with E-state index in [1.807, 2.05) is 37.8 Å².